The van der Waals surface area contributed by atoms with E-state index in [-0.39, 0.29) is 25.0 Å². The fourth-order valence-electron chi connectivity index (χ4n) is 8.86. The first-order chi connectivity index (χ1) is 22.6. The summed E-state index contributed by atoms with van der Waals surface area (Å²) >= 11 is 12.6. The van der Waals surface area contributed by atoms with Crippen molar-refractivity contribution in [3.63, 3.8) is 0 Å². The van der Waals surface area contributed by atoms with Crippen molar-refractivity contribution < 1.29 is 27.1 Å². The van der Waals surface area contributed by atoms with Gasteiger partial charge in [0.25, 0.3) is 0 Å². The van der Waals surface area contributed by atoms with Crippen LogP contribution < -0.4 is 10.1 Å². The molecule has 2 spiro atoms. The number of carbonyl (C=O) groups excluding carboxylic acids is 1. The zero-order valence-electron chi connectivity index (χ0n) is 25.5. The molecular formula is C37H32Cl2F4N2O2. The van der Waals surface area contributed by atoms with Gasteiger partial charge in [-0.25, -0.2) is 8.78 Å². The largest absolute Gasteiger partial charge is 0.492 e. The molecule has 4 aromatic carbocycles. The summed E-state index contributed by atoms with van der Waals surface area (Å²) in [6.07, 6.45) is -0.0664. The molecule has 10 heteroatoms. The fourth-order valence-corrected chi connectivity index (χ4v) is 9.20. The van der Waals surface area contributed by atoms with Gasteiger partial charge >= 0.3 is 0 Å². The van der Waals surface area contributed by atoms with Gasteiger partial charge in [-0.3, -0.25) is 18.5 Å². The topological polar surface area (TPSA) is 41.6 Å². The van der Waals surface area contributed by atoms with Crippen LogP contribution in [0.4, 0.5) is 23.2 Å². The molecule has 1 amide bonds. The van der Waals surface area contributed by atoms with Crippen LogP contribution in [-0.4, -0.2) is 42.3 Å². The normalized spacial score (nSPS) is 24.6. The Morgan fingerprint density at radius 2 is 1.60 bits per heavy atom. The van der Waals surface area contributed by atoms with Gasteiger partial charge in [-0.15, -0.1) is 0 Å². The number of alkyl halides is 2. The second-order valence-corrected chi connectivity index (χ2v) is 13.8. The Balaban J connectivity index is 1.55. The average molecular weight is 684 g/mol. The lowest BCUT2D eigenvalue weighted by atomic mass is 9.45. The molecule has 0 aromatic heterocycles. The van der Waals surface area contributed by atoms with Gasteiger partial charge in [0.1, 0.15) is 34.4 Å². The van der Waals surface area contributed by atoms with Crippen molar-refractivity contribution >= 4 is 34.8 Å². The predicted octanol–water partition coefficient (Wildman–Crippen LogP) is 9.23. The predicted molar refractivity (Wildman–Crippen MR) is 175 cm³/mol. The molecule has 0 radical (unpaired) electrons. The average Bonchev–Trinajstić information content (AvgIpc) is 3.50. The van der Waals surface area contributed by atoms with Gasteiger partial charge in [-0.2, -0.15) is 0 Å². The molecular weight excluding hydrogens is 651 g/mol. The molecule has 3 aliphatic rings. The Hall–Kier alpha value is -3.59. The van der Waals surface area contributed by atoms with E-state index >= 15 is 4.39 Å². The third-order valence-electron chi connectivity index (χ3n) is 10.6. The zero-order valence-corrected chi connectivity index (χ0v) is 27.0. The summed E-state index contributed by atoms with van der Waals surface area (Å²) in [7, 11) is 0. The highest BCUT2D eigenvalue weighted by Crippen LogP contribution is 2.73. The van der Waals surface area contributed by atoms with Crippen LogP contribution in [0.1, 0.15) is 48.4 Å². The molecule has 244 valence electrons. The van der Waals surface area contributed by atoms with Gasteiger partial charge in [-0.1, -0.05) is 83.9 Å². The number of halogens is 6. The summed E-state index contributed by atoms with van der Waals surface area (Å²) in [4.78, 5) is 17.0. The first kappa shape index (κ1) is 32.0. The lowest BCUT2D eigenvalue weighted by Crippen LogP contribution is -2.71. The Kier molecular flexibility index (Phi) is 8.05. The standard InChI is InChI=1S/C37H32Cl2F4N2O2/c1-22(23-8-4-2-5-9-23)45-30(17-47-25-10-6-3-7-11-25)31(26-13-15-28(42)32(39)33(26)43)37(36(45)18-35(19-36,20-40)21-41)27-14-12-24(38)16-29(27)44-34(37)46/h2-16,22,30-31H,17-21H2,1H3,(H,44,46)/t22-,30-,31-,37-/m0/s1. The van der Waals surface area contributed by atoms with Gasteiger partial charge in [0.05, 0.1) is 19.4 Å². The smallest absolute Gasteiger partial charge is 0.237 e. The molecule has 2 heterocycles. The van der Waals surface area contributed by atoms with Gasteiger partial charge in [0.15, 0.2) is 0 Å². The maximum Gasteiger partial charge on any atom is 0.237 e. The molecule has 7 rings (SSSR count). The monoisotopic (exact) mass is 682 g/mol. The van der Waals surface area contributed by atoms with Crippen LogP contribution in [0.5, 0.6) is 5.75 Å². The molecule has 1 N–H and O–H groups in total. The first-order valence-corrected chi connectivity index (χ1v) is 16.3. The number of benzene rings is 4. The molecule has 0 bridgehead atoms. The van der Waals surface area contributed by atoms with Crippen molar-refractivity contribution in [3.05, 3.63) is 129 Å². The van der Waals surface area contributed by atoms with E-state index in [0.29, 0.717) is 22.0 Å². The SMILES string of the molecule is C[C@@H](c1ccccc1)N1[C@@H](COc2ccccc2)[C@H](c2ccc(F)c(Cl)c2F)[C@@]2(C(=O)Nc3cc(Cl)ccc32)C12CC(CF)(CF)C2. The number of para-hydroxylation sites is 1. The molecule has 2 aliphatic heterocycles. The number of nitrogens with zero attached hydrogens (tertiary/aromatic N) is 1. The molecule has 2 fully saturated rings. The van der Waals surface area contributed by atoms with Gasteiger partial charge in [0, 0.05) is 33.6 Å². The summed E-state index contributed by atoms with van der Waals surface area (Å²) in [5, 5.41) is 2.66. The summed E-state index contributed by atoms with van der Waals surface area (Å²) < 4.78 is 67.2. The number of nitrogens with one attached hydrogen (secondary N) is 1. The Labute approximate surface area is 280 Å². The third kappa shape index (κ3) is 4.62. The molecule has 4 nitrogen and oxygen atoms in total. The number of anilines is 1. The molecule has 1 saturated carbocycles. The van der Waals surface area contributed by atoms with Crippen molar-refractivity contribution in [2.24, 2.45) is 5.41 Å². The van der Waals surface area contributed by atoms with E-state index in [9.17, 15) is 18.0 Å². The van der Waals surface area contributed by atoms with Crippen molar-refractivity contribution in [3.8, 4) is 5.75 Å². The van der Waals surface area contributed by atoms with Crippen LogP contribution >= 0.6 is 23.2 Å². The number of ether oxygens (including phenoxy) is 1. The minimum atomic E-state index is -1.60. The lowest BCUT2D eigenvalue weighted by Gasteiger charge is -2.63. The van der Waals surface area contributed by atoms with Gasteiger partial charge in [-0.05, 0) is 66.8 Å². The van der Waals surface area contributed by atoms with E-state index < -0.39 is 70.3 Å². The van der Waals surface area contributed by atoms with E-state index in [1.165, 1.54) is 6.07 Å². The third-order valence-corrected chi connectivity index (χ3v) is 11.2. The number of fused-ring (bicyclic) bond motifs is 3. The molecule has 0 unspecified atom stereocenters. The number of rotatable bonds is 8. The Bertz CT molecular complexity index is 1820. The van der Waals surface area contributed by atoms with Crippen LogP contribution in [0.3, 0.4) is 0 Å². The van der Waals surface area contributed by atoms with Crippen molar-refractivity contribution in [2.75, 3.05) is 25.3 Å². The van der Waals surface area contributed by atoms with Crippen LogP contribution in [-0.2, 0) is 10.2 Å². The van der Waals surface area contributed by atoms with Crippen LogP contribution in [0.15, 0.2) is 91.0 Å². The fraction of sp³-hybridized carbons (Fsp3) is 0.324. The number of amides is 1. The minimum absolute atomic E-state index is 0.0103. The molecule has 1 saturated heterocycles. The van der Waals surface area contributed by atoms with Crippen LogP contribution in [0.2, 0.25) is 10.0 Å². The van der Waals surface area contributed by atoms with Crippen molar-refractivity contribution in [1.82, 2.24) is 4.90 Å². The van der Waals surface area contributed by atoms with E-state index in [4.69, 9.17) is 27.9 Å². The summed E-state index contributed by atoms with van der Waals surface area (Å²) in [5.41, 5.74) is -2.33. The maximum absolute atomic E-state index is 16.5. The number of carbonyl (C=O) groups is 1. The number of hydrogen-bond donors (Lipinski definition) is 1. The molecule has 1 aliphatic carbocycles. The quantitative estimate of drug-likeness (QED) is 0.149. The molecule has 4 atom stereocenters. The minimum Gasteiger partial charge on any atom is -0.492 e. The van der Waals surface area contributed by atoms with Gasteiger partial charge < -0.3 is 10.1 Å². The number of hydrogen-bond acceptors (Lipinski definition) is 3. The summed E-state index contributed by atoms with van der Waals surface area (Å²) in [6, 6.07) is 24.8. The molecule has 47 heavy (non-hydrogen) atoms. The highest BCUT2D eigenvalue weighted by atomic mass is 35.5. The number of likely N-dealkylation sites (tertiary alicyclic amines) is 1. The van der Waals surface area contributed by atoms with E-state index in [2.05, 4.69) is 10.2 Å². The highest BCUT2D eigenvalue weighted by molar-refractivity contribution is 6.31. The van der Waals surface area contributed by atoms with Crippen molar-refractivity contribution in [1.29, 1.82) is 0 Å². The van der Waals surface area contributed by atoms with E-state index in [0.717, 1.165) is 11.6 Å². The maximum atomic E-state index is 16.5. The first-order valence-electron chi connectivity index (χ1n) is 15.5. The summed E-state index contributed by atoms with van der Waals surface area (Å²) in [6.45, 7) is 0.0720. The Morgan fingerprint density at radius 1 is 0.936 bits per heavy atom. The van der Waals surface area contributed by atoms with Crippen molar-refractivity contribution in [2.45, 2.75) is 48.7 Å². The van der Waals surface area contributed by atoms with E-state index in [1.807, 2.05) is 55.5 Å². The second kappa shape index (κ2) is 11.8. The lowest BCUT2D eigenvalue weighted by molar-refractivity contribution is -0.153. The highest BCUT2D eigenvalue weighted by Gasteiger charge is 2.80. The van der Waals surface area contributed by atoms with Crippen LogP contribution in [0, 0.1) is 17.0 Å². The van der Waals surface area contributed by atoms with Crippen LogP contribution in [0.25, 0.3) is 0 Å². The summed E-state index contributed by atoms with van der Waals surface area (Å²) in [5.74, 6) is -2.89. The Morgan fingerprint density at radius 3 is 2.26 bits per heavy atom. The molecule has 4 aromatic rings. The van der Waals surface area contributed by atoms with Gasteiger partial charge in [0.2, 0.25) is 5.91 Å². The zero-order chi connectivity index (χ0) is 33.1. The second-order valence-electron chi connectivity index (χ2n) is 13.0. The van der Waals surface area contributed by atoms with E-state index in [1.54, 1.807) is 30.3 Å².